The molecule has 122 valence electrons. The highest BCUT2D eigenvalue weighted by atomic mass is 32.2. The van der Waals surface area contributed by atoms with E-state index in [0.717, 1.165) is 11.3 Å². The lowest BCUT2D eigenvalue weighted by Gasteiger charge is -2.12. The average molecular weight is 340 g/mol. The van der Waals surface area contributed by atoms with E-state index < -0.39 is 0 Å². The molecule has 1 N–H and O–H groups in total. The van der Waals surface area contributed by atoms with Gasteiger partial charge in [0.2, 0.25) is 11.8 Å². The number of nitrogens with zero attached hydrogens (tertiary/aromatic N) is 3. The summed E-state index contributed by atoms with van der Waals surface area (Å²) in [7, 11) is 0. The predicted molar refractivity (Wildman–Crippen MR) is 92.5 cm³/mol. The summed E-state index contributed by atoms with van der Waals surface area (Å²) in [6, 6.07) is 12.9. The van der Waals surface area contributed by atoms with Crippen molar-refractivity contribution in [1.82, 2.24) is 15.2 Å². The number of pyridine rings is 1. The van der Waals surface area contributed by atoms with Crippen molar-refractivity contribution in [3.63, 3.8) is 0 Å². The van der Waals surface area contributed by atoms with Crippen LogP contribution in [-0.4, -0.2) is 26.3 Å². The van der Waals surface area contributed by atoms with Gasteiger partial charge in [-0.2, -0.15) is 0 Å². The number of aromatic nitrogens is 3. The summed E-state index contributed by atoms with van der Waals surface area (Å²) >= 11 is 1.26. The minimum Gasteiger partial charge on any atom is -0.411 e. The molecule has 1 amide bonds. The topological polar surface area (TPSA) is 80.9 Å². The molecule has 0 saturated heterocycles. The summed E-state index contributed by atoms with van der Waals surface area (Å²) in [5, 5.41) is 11.0. The smallest absolute Gasteiger partial charge is 0.277 e. The van der Waals surface area contributed by atoms with E-state index in [-0.39, 0.29) is 11.2 Å². The van der Waals surface area contributed by atoms with Crippen LogP contribution in [0.15, 0.2) is 64.5 Å². The van der Waals surface area contributed by atoms with Crippen LogP contribution in [0.4, 0.5) is 5.69 Å². The number of carbonyl (C=O) groups excluding carboxylic acids is 1. The first-order valence-electron chi connectivity index (χ1n) is 7.52. The van der Waals surface area contributed by atoms with E-state index in [1.165, 1.54) is 11.8 Å². The summed E-state index contributed by atoms with van der Waals surface area (Å²) in [4.78, 5) is 16.3. The molecule has 0 radical (unpaired) electrons. The van der Waals surface area contributed by atoms with Crippen LogP contribution in [0.25, 0.3) is 11.5 Å². The summed E-state index contributed by atoms with van der Waals surface area (Å²) in [5.41, 5.74) is 1.57. The highest BCUT2D eigenvalue weighted by Crippen LogP contribution is 2.28. The SMILES string of the molecule is CCC(Sc1nnc(-c2ccncc2)o1)C(=O)Nc1ccccc1. The van der Waals surface area contributed by atoms with Crippen LogP contribution in [0, 0.1) is 0 Å². The van der Waals surface area contributed by atoms with Crippen LogP contribution >= 0.6 is 11.8 Å². The maximum atomic E-state index is 12.4. The van der Waals surface area contributed by atoms with Crippen molar-refractivity contribution in [3.05, 3.63) is 54.9 Å². The molecule has 0 bridgehead atoms. The summed E-state index contributed by atoms with van der Waals surface area (Å²) in [6.07, 6.45) is 3.97. The quantitative estimate of drug-likeness (QED) is 0.690. The van der Waals surface area contributed by atoms with E-state index >= 15 is 0 Å². The molecule has 2 heterocycles. The second kappa shape index (κ2) is 7.74. The molecule has 0 saturated carbocycles. The third-order valence-electron chi connectivity index (χ3n) is 3.28. The average Bonchev–Trinajstić information content (AvgIpc) is 3.10. The third kappa shape index (κ3) is 3.99. The van der Waals surface area contributed by atoms with Gasteiger partial charge in [-0.25, -0.2) is 0 Å². The maximum Gasteiger partial charge on any atom is 0.277 e. The first-order chi connectivity index (χ1) is 11.8. The Morgan fingerprint density at radius 1 is 1.17 bits per heavy atom. The first kappa shape index (κ1) is 16.2. The number of thioether (sulfide) groups is 1. The van der Waals surface area contributed by atoms with Crippen LogP contribution in [0.2, 0.25) is 0 Å². The molecule has 0 spiro atoms. The number of para-hydroxylation sites is 1. The third-order valence-corrected chi connectivity index (χ3v) is 4.48. The van der Waals surface area contributed by atoms with Crippen molar-refractivity contribution in [2.24, 2.45) is 0 Å². The number of nitrogens with one attached hydrogen (secondary N) is 1. The van der Waals surface area contributed by atoms with Gasteiger partial charge >= 0.3 is 0 Å². The molecule has 3 aromatic rings. The van der Waals surface area contributed by atoms with Crippen LogP contribution in [0.5, 0.6) is 0 Å². The van der Waals surface area contributed by atoms with E-state index in [1.807, 2.05) is 37.3 Å². The number of benzene rings is 1. The molecular formula is C17H16N4O2S. The largest absolute Gasteiger partial charge is 0.411 e. The number of hydrogen-bond acceptors (Lipinski definition) is 6. The Hall–Kier alpha value is -2.67. The number of amides is 1. The molecule has 24 heavy (non-hydrogen) atoms. The molecule has 3 rings (SSSR count). The van der Waals surface area contributed by atoms with Gasteiger partial charge in [0, 0.05) is 23.6 Å². The lowest BCUT2D eigenvalue weighted by molar-refractivity contribution is -0.115. The molecule has 0 fully saturated rings. The van der Waals surface area contributed by atoms with E-state index in [9.17, 15) is 4.79 Å². The van der Waals surface area contributed by atoms with E-state index in [4.69, 9.17) is 4.42 Å². The molecule has 0 aliphatic rings. The maximum absolute atomic E-state index is 12.4. The monoisotopic (exact) mass is 340 g/mol. The molecule has 1 unspecified atom stereocenters. The number of anilines is 1. The fourth-order valence-corrected chi connectivity index (χ4v) is 2.85. The second-order valence-electron chi connectivity index (χ2n) is 4.98. The molecule has 2 aromatic heterocycles. The van der Waals surface area contributed by atoms with Crippen molar-refractivity contribution < 1.29 is 9.21 Å². The van der Waals surface area contributed by atoms with Gasteiger partial charge in [0.15, 0.2) is 0 Å². The zero-order valence-electron chi connectivity index (χ0n) is 13.0. The van der Waals surface area contributed by atoms with Crippen molar-refractivity contribution in [1.29, 1.82) is 0 Å². The Morgan fingerprint density at radius 2 is 1.92 bits per heavy atom. The van der Waals surface area contributed by atoms with Gasteiger partial charge in [0.05, 0.1) is 5.25 Å². The van der Waals surface area contributed by atoms with Crippen LogP contribution in [-0.2, 0) is 4.79 Å². The van der Waals surface area contributed by atoms with Gasteiger partial charge < -0.3 is 9.73 Å². The van der Waals surface area contributed by atoms with Gasteiger partial charge in [0.1, 0.15) is 0 Å². The first-order valence-corrected chi connectivity index (χ1v) is 8.40. The van der Waals surface area contributed by atoms with Crippen LogP contribution in [0.3, 0.4) is 0 Å². The van der Waals surface area contributed by atoms with Crippen LogP contribution < -0.4 is 5.32 Å². The molecular weight excluding hydrogens is 324 g/mol. The number of rotatable bonds is 6. The summed E-state index contributed by atoms with van der Waals surface area (Å²) < 4.78 is 5.64. The van der Waals surface area contributed by atoms with Crippen LogP contribution in [0.1, 0.15) is 13.3 Å². The molecule has 7 heteroatoms. The lowest BCUT2D eigenvalue weighted by atomic mass is 10.3. The van der Waals surface area contributed by atoms with E-state index in [0.29, 0.717) is 17.5 Å². The van der Waals surface area contributed by atoms with E-state index in [2.05, 4.69) is 20.5 Å². The standard InChI is InChI=1S/C17H16N4O2S/c1-2-14(15(22)19-13-6-4-3-5-7-13)24-17-21-20-16(23-17)12-8-10-18-11-9-12/h3-11,14H,2H2,1H3,(H,19,22). The Balaban J connectivity index is 1.67. The van der Waals surface area contributed by atoms with Gasteiger partial charge in [0.25, 0.3) is 5.22 Å². The normalized spacial score (nSPS) is 11.9. The van der Waals surface area contributed by atoms with Crippen molar-refractivity contribution in [2.45, 2.75) is 23.8 Å². The van der Waals surface area contributed by atoms with Crippen molar-refractivity contribution >= 4 is 23.4 Å². The highest BCUT2D eigenvalue weighted by Gasteiger charge is 2.21. The zero-order valence-corrected chi connectivity index (χ0v) is 13.9. The minimum absolute atomic E-state index is 0.0858. The zero-order chi connectivity index (χ0) is 16.8. The highest BCUT2D eigenvalue weighted by molar-refractivity contribution is 8.00. The van der Waals surface area contributed by atoms with E-state index in [1.54, 1.807) is 24.5 Å². The summed E-state index contributed by atoms with van der Waals surface area (Å²) in [6.45, 7) is 1.95. The fourth-order valence-electron chi connectivity index (χ4n) is 2.06. The second-order valence-corrected chi connectivity index (χ2v) is 6.13. The fraction of sp³-hybridized carbons (Fsp3) is 0.176. The van der Waals surface area contributed by atoms with Gasteiger partial charge in [-0.1, -0.05) is 36.9 Å². The Labute approximate surface area is 143 Å². The Bertz CT molecular complexity index is 793. The predicted octanol–water partition coefficient (Wildman–Crippen LogP) is 3.64. The molecule has 0 aliphatic carbocycles. The number of carbonyl (C=O) groups is 1. The Kier molecular flexibility index (Phi) is 5.22. The Morgan fingerprint density at radius 3 is 2.62 bits per heavy atom. The van der Waals surface area contributed by atoms with Gasteiger partial charge in [-0.15, -0.1) is 10.2 Å². The van der Waals surface area contributed by atoms with Crippen molar-refractivity contribution in [2.75, 3.05) is 5.32 Å². The summed E-state index contributed by atoms with van der Waals surface area (Å²) in [5.74, 6) is 0.329. The van der Waals surface area contributed by atoms with Gasteiger partial charge in [-0.05, 0) is 30.7 Å². The molecule has 1 atom stereocenters. The lowest BCUT2D eigenvalue weighted by Crippen LogP contribution is -2.24. The molecule has 1 aromatic carbocycles. The minimum atomic E-state index is -0.309. The van der Waals surface area contributed by atoms with Gasteiger partial charge in [-0.3, -0.25) is 9.78 Å². The van der Waals surface area contributed by atoms with Crippen molar-refractivity contribution in [3.8, 4) is 11.5 Å². The molecule has 0 aliphatic heterocycles. The molecule has 6 nitrogen and oxygen atoms in total. The number of hydrogen-bond donors (Lipinski definition) is 1.